The van der Waals surface area contributed by atoms with Crippen molar-refractivity contribution in [3.63, 3.8) is 0 Å². The average Bonchev–Trinajstić information content (AvgIpc) is 3.04. The third-order valence-corrected chi connectivity index (χ3v) is 5.24. The lowest BCUT2D eigenvalue weighted by Gasteiger charge is -2.21. The summed E-state index contributed by atoms with van der Waals surface area (Å²) < 4.78 is 6.25. The van der Waals surface area contributed by atoms with Crippen molar-refractivity contribution in [3.8, 4) is 11.1 Å². The molecule has 0 aliphatic heterocycles. The molecule has 1 nitrogen and oxygen atoms in total. The van der Waals surface area contributed by atoms with E-state index in [1.54, 1.807) is 0 Å². The molecule has 0 bridgehead atoms. The van der Waals surface area contributed by atoms with Gasteiger partial charge in [-0.25, -0.2) is 0 Å². The topological polar surface area (TPSA) is 13.1 Å². The lowest BCUT2D eigenvalue weighted by Crippen LogP contribution is -2.14. The summed E-state index contributed by atoms with van der Waals surface area (Å²) in [5.41, 5.74) is 7.60. The van der Waals surface area contributed by atoms with Gasteiger partial charge in [-0.05, 0) is 16.7 Å². The summed E-state index contributed by atoms with van der Waals surface area (Å²) in [6.07, 6.45) is 0. The van der Waals surface area contributed by atoms with E-state index in [4.69, 9.17) is 12.3 Å². The van der Waals surface area contributed by atoms with Crippen molar-refractivity contribution in [2.24, 2.45) is 0 Å². The van der Waals surface area contributed by atoms with E-state index in [-0.39, 0.29) is 5.41 Å². The molecule has 108 valence electrons. The van der Waals surface area contributed by atoms with Crippen LogP contribution in [0.4, 0.5) is 0 Å². The highest BCUT2D eigenvalue weighted by atomic mass is 16.3. The number of hydrogen-bond donors (Lipinski definition) is 0. The van der Waals surface area contributed by atoms with E-state index in [2.05, 4.69) is 56.3 Å². The fraction of sp³-hybridized carbons (Fsp3) is 0.143. The molecule has 5 rings (SSSR count). The van der Waals surface area contributed by atoms with Gasteiger partial charge in [0.1, 0.15) is 19.0 Å². The summed E-state index contributed by atoms with van der Waals surface area (Å²) in [5, 5.41) is 2.23. The molecule has 2 radical (unpaired) electrons. The van der Waals surface area contributed by atoms with Crippen LogP contribution in [0, 0.1) is 0 Å². The summed E-state index contributed by atoms with van der Waals surface area (Å²) in [5.74, 6) is 0. The van der Waals surface area contributed by atoms with Crippen LogP contribution in [0.5, 0.6) is 0 Å². The standard InChI is InChI=1S/C21H15BO/c1-21(2)15-8-4-3-6-14(15)18-16(21)11-10-13-12-7-5-9-17(22)19(12)23-20(13)18/h3-11H,1-2H3. The largest absolute Gasteiger partial charge is 0.456 e. The number of hydrogen-bond acceptors (Lipinski definition) is 1. The van der Waals surface area contributed by atoms with E-state index < -0.39 is 0 Å². The zero-order valence-electron chi connectivity index (χ0n) is 13.2. The maximum Gasteiger partial charge on any atom is 0.143 e. The Morgan fingerprint density at radius 2 is 1.57 bits per heavy atom. The molecule has 1 aromatic heterocycles. The Hall–Kier alpha value is -2.48. The monoisotopic (exact) mass is 294 g/mol. The van der Waals surface area contributed by atoms with E-state index in [0.29, 0.717) is 5.46 Å². The number of fused-ring (bicyclic) bond motifs is 7. The van der Waals surface area contributed by atoms with Crippen molar-refractivity contribution in [3.05, 3.63) is 65.7 Å². The van der Waals surface area contributed by atoms with Crippen LogP contribution in [-0.4, -0.2) is 7.85 Å². The van der Waals surface area contributed by atoms with Gasteiger partial charge in [0.05, 0.1) is 0 Å². The molecule has 1 aliphatic carbocycles. The zero-order valence-corrected chi connectivity index (χ0v) is 13.2. The van der Waals surface area contributed by atoms with Gasteiger partial charge in [0.25, 0.3) is 0 Å². The Morgan fingerprint density at radius 1 is 0.783 bits per heavy atom. The minimum atomic E-state index is -0.00929. The van der Waals surface area contributed by atoms with Crippen molar-refractivity contribution in [1.82, 2.24) is 0 Å². The quantitative estimate of drug-likeness (QED) is 0.429. The summed E-state index contributed by atoms with van der Waals surface area (Å²) in [7, 11) is 6.12. The second kappa shape index (κ2) is 4.08. The SMILES string of the molecule is [B]c1cccc2c1oc1c3c(ccc12)C(C)(C)c1ccccc1-3. The minimum Gasteiger partial charge on any atom is -0.456 e. The van der Waals surface area contributed by atoms with Gasteiger partial charge in [-0.2, -0.15) is 0 Å². The maximum atomic E-state index is 6.25. The lowest BCUT2D eigenvalue weighted by molar-refractivity contribution is 0.654. The van der Waals surface area contributed by atoms with Crippen molar-refractivity contribution < 1.29 is 4.42 Å². The van der Waals surface area contributed by atoms with E-state index in [9.17, 15) is 0 Å². The third-order valence-electron chi connectivity index (χ3n) is 5.24. The number of rotatable bonds is 0. The summed E-state index contributed by atoms with van der Waals surface area (Å²) >= 11 is 0. The second-order valence-electron chi connectivity index (χ2n) is 6.86. The van der Waals surface area contributed by atoms with Gasteiger partial charge in [-0.1, -0.05) is 73.9 Å². The molecule has 3 aromatic carbocycles. The van der Waals surface area contributed by atoms with E-state index >= 15 is 0 Å². The molecule has 1 heterocycles. The van der Waals surface area contributed by atoms with Gasteiger partial charge in [-0.3, -0.25) is 0 Å². The predicted molar refractivity (Wildman–Crippen MR) is 96.7 cm³/mol. The molecule has 0 saturated heterocycles. The molecule has 0 fully saturated rings. The summed E-state index contributed by atoms with van der Waals surface area (Å²) in [6, 6.07) is 19.0. The van der Waals surface area contributed by atoms with E-state index in [0.717, 1.165) is 21.9 Å². The molecule has 4 aromatic rings. The molecular weight excluding hydrogens is 279 g/mol. The molecule has 0 amide bonds. The van der Waals surface area contributed by atoms with Crippen LogP contribution in [-0.2, 0) is 5.41 Å². The summed E-state index contributed by atoms with van der Waals surface area (Å²) in [6.45, 7) is 4.56. The molecule has 0 saturated carbocycles. The van der Waals surface area contributed by atoms with Gasteiger partial charge < -0.3 is 4.42 Å². The molecule has 0 atom stereocenters. The molecule has 0 N–H and O–H groups in total. The number of benzene rings is 3. The van der Waals surface area contributed by atoms with Gasteiger partial charge >= 0.3 is 0 Å². The fourth-order valence-electron chi connectivity index (χ4n) is 4.06. The highest BCUT2D eigenvalue weighted by Crippen LogP contribution is 2.52. The van der Waals surface area contributed by atoms with Crippen molar-refractivity contribution in [2.45, 2.75) is 19.3 Å². The number of furan rings is 1. The highest BCUT2D eigenvalue weighted by Gasteiger charge is 2.37. The average molecular weight is 294 g/mol. The predicted octanol–water partition coefficient (Wildman–Crippen LogP) is 4.69. The van der Waals surface area contributed by atoms with Crippen LogP contribution >= 0.6 is 0 Å². The van der Waals surface area contributed by atoms with Crippen LogP contribution in [0.25, 0.3) is 33.1 Å². The molecule has 0 unspecified atom stereocenters. The Bertz CT molecular complexity index is 1100. The van der Waals surface area contributed by atoms with Gasteiger partial charge in [0, 0.05) is 21.8 Å². The van der Waals surface area contributed by atoms with E-state index in [1.807, 2.05) is 12.1 Å². The molecular formula is C21H15BO. The minimum absolute atomic E-state index is 0.00929. The molecule has 23 heavy (non-hydrogen) atoms. The van der Waals surface area contributed by atoms with Crippen LogP contribution in [0.15, 0.2) is 59.0 Å². The smallest absolute Gasteiger partial charge is 0.143 e. The van der Waals surface area contributed by atoms with Crippen LogP contribution in [0.2, 0.25) is 0 Å². The molecule has 2 heteroatoms. The van der Waals surface area contributed by atoms with Crippen molar-refractivity contribution in [2.75, 3.05) is 0 Å². The molecule has 0 spiro atoms. The molecule has 1 aliphatic rings. The van der Waals surface area contributed by atoms with Crippen LogP contribution in [0.3, 0.4) is 0 Å². The first-order chi connectivity index (χ1) is 11.1. The first-order valence-corrected chi connectivity index (χ1v) is 7.93. The highest BCUT2D eigenvalue weighted by molar-refractivity contribution is 6.39. The van der Waals surface area contributed by atoms with E-state index in [1.165, 1.54) is 22.3 Å². The van der Waals surface area contributed by atoms with Gasteiger partial charge in [-0.15, -0.1) is 0 Å². The Morgan fingerprint density at radius 3 is 2.43 bits per heavy atom. The number of para-hydroxylation sites is 1. The Labute approximate surface area is 136 Å². The normalized spacial score (nSPS) is 15.0. The van der Waals surface area contributed by atoms with Crippen LogP contribution in [0.1, 0.15) is 25.0 Å². The first kappa shape index (κ1) is 13.0. The lowest BCUT2D eigenvalue weighted by atomic mass is 9.82. The summed E-state index contributed by atoms with van der Waals surface area (Å²) in [4.78, 5) is 0. The second-order valence-corrected chi connectivity index (χ2v) is 6.86. The van der Waals surface area contributed by atoms with Gasteiger partial charge in [0.2, 0.25) is 0 Å². The van der Waals surface area contributed by atoms with Crippen molar-refractivity contribution >= 4 is 35.2 Å². The fourth-order valence-corrected chi connectivity index (χ4v) is 4.06. The Kier molecular flexibility index (Phi) is 2.31. The third kappa shape index (κ3) is 1.49. The van der Waals surface area contributed by atoms with Crippen molar-refractivity contribution in [1.29, 1.82) is 0 Å². The van der Waals surface area contributed by atoms with Crippen LogP contribution < -0.4 is 5.46 Å². The van der Waals surface area contributed by atoms with Gasteiger partial charge in [0.15, 0.2) is 0 Å². The Balaban J connectivity index is 2.02. The first-order valence-electron chi connectivity index (χ1n) is 7.93. The zero-order chi connectivity index (χ0) is 15.8. The maximum absolute atomic E-state index is 6.25.